The SMILES string of the molecule is CCCCCCCCCCCCCCCCCCCCCCCCC(=O)O[C@H](COC(=O)CCCCCCCCCCCCCCCCCCCCCCC)COP(=O)(O)OC[C@@H](O)COP(=O)(O)OC[C@@H](COC(=O)CCCCCCCCCCCCCC)OC(=O)CCCCCCCCCCCCC(C)CC. The Morgan fingerprint density at radius 3 is 0.651 bits per heavy atom. The van der Waals surface area contributed by atoms with Crippen molar-refractivity contribution in [3.63, 3.8) is 0 Å². The molecule has 0 aromatic rings. The summed E-state index contributed by atoms with van der Waals surface area (Å²) < 4.78 is 69.0. The number of aliphatic hydroxyl groups excluding tert-OH is 1. The fourth-order valence-corrected chi connectivity index (χ4v) is 15.7. The number of phosphoric acid groups is 2. The fourth-order valence-electron chi connectivity index (χ4n) is 14.1. The topological polar surface area (TPSA) is 237 Å². The number of carbonyl (C=O) groups is 4. The Bertz CT molecular complexity index is 2070. The lowest BCUT2D eigenvalue weighted by molar-refractivity contribution is -0.161. The molecule has 0 fully saturated rings. The van der Waals surface area contributed by atoms with Gasteiger partial charge in [0.25, 0.3) is 0 Å². The van der Waals surface area contributed by atoms with E-state index in [1.54, 1.807) is 0 Å². The van der Waals surface area contributed by atoms with Crippen LogP contribution in [-0.2, 0) is 65.4 Å². The normalized spacial score (nSPS) is 13.9. The standard InChI is InChI=1S/C90H176O17P2/c1-6-10-13-16-19-22-25-28-30-32-34-36-38-40-42-44-46-49-55-60-65-70-75-89(94)106-85(79-101-88(93)74-69-64-59-54-48-45-43-41-39-37-35-33-31-29-26-23-20-17-14-11-7-2)81-104-108(96,97)102-77-84(91)78-103-109(98,99)105-82-86(80-100-87(92)73-68-63-58-53-47-27-24-21-18-15-12-8-3)107-90(95)76-71-66-61-56-51-50-52-57-62-67-72-83(5)9-4/h83-86,91H,6-82H2,1-5H3,(H,96,97)(H,98,99)/t83?,84-,85-,86-/m1/s1. The molecule has 17 nitrogen and oxygen atoms in total. The third-order valence-electron chi connectivity index (χ3n) is 21.6. The average Bonchev–Trinajstić information content (AvgIpc) is 0.895. The number of hydrogen-bond acceptors (Lipinski definition) is 15. The number of esters is 4. The molecule has 648 valence electrons. The van der Waals surface area contributed by atoms with Gasteiger partial charge in [0.1, 0.15) is 19.3 Å². The molecule has 109 heavy (non-hydrogen) atoms. The molecule has 0 spiro atoms. The van der Waals surface area contributed by atoms with Gasteiger partial charge in [-0.3, -0.25) is 37.3 Å². The first-order chi connectivity index (χ1) is 53.1. The van der Waals surface area contributed by atoms with Crippen LogP contribution in [0.15, 0.2) is 0 Å². The molecule has 0 aliphatic heterocycles. The first-order valence-corrected chi connectivity index (χ1v) is 49.7. The van der Waals surface area contributed by atoms with Gasteiger partial charge < -0.3 is 33.8 Å². The maximum absolute atomic E-state index is 13.2. The number of phosphoric ester groups is 2. The molecule has 0 radical (unpaired) electrons. The first kappa shape index (κ1) is 107. The lowest BCUT2D eigenvalue weighted by Crippen LogP contribution is -2.30. The summed E-state index contributed by atoms with van der Waals surface area (Å²) in [6.07, 6.45) is 77.9. The van der Waals surface area contributed by atoms with Crippen LogP contribution in [0.5, 0.6) is 0 Å². The summed E-state index contributed by atoms with van der Waals surface area (Å²) in [4.78, 5) is 73.4. The van der Waals surface area contributed by atoms with Gasteiger partial charge in [-0.25, -0.2) is 9.13 Å². The first-order valence-electron chi connectivity index (χ1n) is 46.7. The molecule has 0 bridgehead atoms. The van der Waals surface area contributed by atoms with Gasteiger partial charge in [0.15, 0.2) is 12.2 Å². The second-order valence-corrected chi connectivity index (χ2v) is 35.5. The molecule has 0 amide bonds. The highest BCUT2D eigenvalue weighted by molar-refractivity contribution is 7.47. The van der Waals surface area contributed by atoms with Crippen LogP contribution in [0.2, 0.25) is 0 Å². The van der Waals surface area contributed by atoms with Crippen molar-refractivity contribution < 1.29 is 80.2 Å². The molecule has 0 saturated heterocycles. The number of rotatable bonds is 90. The van der Waals surface area contributed by atoms with Gasteiger partial charge in [-0.2, -0.15) is 0 Å². The molecular weight excluding hydrogens is 1410 g/mol. The van der Waals surface area contributed by atoms with E-state index in [0.717, 1.165) is 95.8 Å². The van der Waals surface area contributed by atoms with E-state index >= 15 is 0 Å². The van der Waals surface area contributed by atoms with E-state index in [4.69, 9.17) is 37.0 Å². The molecule has 0 saturated carbocycles. The van der Waals surface area contributed by atoms with E-state index in [2.05, 4.69) is 34.6 Å². The van der Waals surface area contributed by atoms with Gasteiger partial charge >= 0.3 is 39.5 Å². The van der Waals surface area contributed by atoms with Crippen LogP contribution in [0.3, 0.4) is 0 Å². The molecule has 0 aromatic carbocycles. The van der Waals surface area contributed by atoms with Gasteiger partial charge in [-0.05, 0) is 31.6 Å². The van der Waals surface area contributed by atoms with E-state index in [9.17, 15) is 43.2 Å². The Morgan fingerprint density at radius 1 is 0.257 bits per heavy atom. The summed E-state index contributed by atoms with van der Waals surface area (Å²) in [6, 6.07) is 0. The van der Waals surface area contributed by atoms with Gasteiger partial charge in [-0.1, -0.05) is 439 Å². The molecule has 3 N–H and O–H groups in total. The van der Waals surface area contributed by atoms with Gasteiger partial charge in [0.05, 0.1) is 26.4 Å². The van der Waals surface area contributed by atoms with Crippen molar-refractivity contribution in [3.05, 3.63) is 0 Å². The molecule has 0 aromatic heterocycles. The number of unbranched alkanes of at least 4 members (excludes halogenated alkanes) is 61. The molecule has 0 rings (SSSR count). The molecule has 0 heterocycles. The van der Waals surface area contributed by atoms with Crippen molar-refractivity contribution in [1.29, 1.82) is 0 Å². The van der Waals surface area contributed by atoms with Crippen molar-refractivity contribution in [1.82, 2.24) is 0 Å². The number of ether oxygens (including phenoxy) is 4. The van der Waals surface area contributed by atoms with E-state index in [1.807, 2.05) is 0 Å². The second kappa shape index (κ2) is 82.6. The van der Waals surface area contributed by atoms with Crippen LogP contribution in [0.4, 0.5) is 0 Å². The van der Waals surface area contributed by atoms with Crippen LogP contribution < -0.4 is 0 Å². The molecule has 6 atom stereocenters. The van der Waals surface area contributed by atoms with E-state index < -0.39 is 97.5 Å². The maximum Gasteiger partial charge on any atom is 0.472 e. The monoisotopic (exact) mass is 1590 g/mol. The maximum atomic E-state index is 13.2. The Kier molecular flexibility index (Phi) is 81.1. The highest BCUT2D eigenvalue weighted by atomic mass is 31.2. The number of hydrogen-bond donors (Lipinski definition) is 3. The Balaban J connectivity index is 5.23. The predicted molar refractivity (Wildman–Crippen MR) is 451 cm³/mol. The van der Waals surface area contributed by atoms with Crippen molar-refractivity contribution in [3.8, 4) is 0 Å². The minimum absolute atomic E-state index is 0.107. The minimum Gasteiger partial charge on any atom is -0.462 e. The number of carbonyl (C=O) groups excluding carboxylic acids is 4. The van der Waals surface area contributed by atoms with Crippen molar-refractivity contribution in [2.45, 2.75) is 509 Å². The highest BCUT2D eigenvalue weighted by Gasteiger charge is 2.31. The van der Waals surface area contributed by atoms with Crippen LogP contribution >= 0.6 is 15.6 Å². The summed E-state index contributed by atoms with van der Waals surface area (Å²) in [5.74, 6) is -1.29. The molecule has 3 unspecified atom stereocenters. The molecule has 19 heteroatoms. The molecule has 0 aliphatic carbocycles. The third kappa shape index (κ3) is 82.4. The summed E-state index contributed by atoms with van der Waals surface area (Å²) in [7, 11) is -9.93. The van der Waals surface area contributed by atoms with Gasteiger partial charge in [0.2, 0.25) is 0 Å². The summed E-state index contributed by atoms with van der Waals surface area (Å²) in [5, 5.41) is 10.7. The Labute approximate surface area is 670 Å². The van der Waals surface area contributed by atoms with Crippen molar-refractivity contribution in [2.24, 2.45) is 5.92 Å². The van der Waals surface area contributed by atoms with Gasteiger partial charge in [-0.15, -0.1) is 0 Å². The fraction of sp³-hybridized carbons (Fsp3) is 0.956. The van der Waals surface area contributed by atoms with Crippen LogP contribution in [0.1, 0.15) is 490 Å². The Hall–Kier alpha value is -1.94. The van der Waals surface area contributed by atoms with Crippen molar-refractivity contribution in [2.75, 3.05) is 39.6 Å². The average molecular weight is 1590 g/mol. The number of aliphatic hydroxyl groups is 1. The van der Waals surface area contributed by atoms with E-state index in [-0.39, 0.29) is 25.7 Å². The van der Waals surface area contributed by atoms with Gasteiger partial charge in [0, 0.05) is 25.7 Å². The van der Waals surface area contributed by atoms with Crippen molar-refractivity contribution >= 4 is 39.5 Å². The van der Waals surface area contributed by atoms with E-state index in [0.29, 0.717) is 25.7 Å². The van der Waals surface area contributed by atoms with Crippen LogP contribution in [0, 0.1) is 5.92 Å². The smallest absolute Gasteiger partial charge is 0.462 e. The van der Waals surface area contributed by atoms with E-state index in [1.165, 1.54) is 315 Å². The van der Waals surface area contributed by atoms with Crippen LogP contribution in [0.25, 0.3) is 0 Å². The third-order valence-corrected chi connectivity index (χ3v) is 23.5. The molecular formula is C90H176O17P2. The highest BCUT2D eigenvalue weighted by Crippen LogP contribution is 2.45. The summed E-state index contributed by atoms with van der Waals surface area (Å²) in [5.41, 5.74) is 0. The zero-order valence-corrected chi connectivity index (χ0v) is 73.5. The summed E-state index contributed by atoms with van der Waals surface area (Å²) >= 11 is 0. The predicted octanol–water partition coefficient (Wildman–Crippen LogP) is 27.9. The van der Waals surface area contributed by atoms with Crippen LogP contribution in [-0.4, -0.2) is 96.7 Å². The zero-order valence-electron chi connectivity index (χ0n) is 71.7. The quantitative estimate of drug-likeness (QED) is 0.0222. The summed E-state index contributed by atoms with van der Waals surface area (Å²) in [6.45, 7) is 7.40. The minimum atomic E-state index is -4.97. The Morgan fingerprint density at radius 2 is 0.440 bits per heavy atom. The lowest BCUT2D eigenvalue weighted by Gasteiger charge is -2.21. The second-order valence-electron chi connectivity index (χ2n) is 32.6. The lowest BCUT2D eigenvalue weighted by atomic mass is 9.99. The molecule has 0 aliphatic rings. The largest absolute Gasteiger partial charge is 0.472 e. The zero-order chi connectivity index (χ0) is 79.7.